The van der Waals surface area contributed by atoms with Crippen molar-refractivity contribution in [2.75, 3.05) is 13.2 Å². The number of amides is 1. The lowest BCUT2D eigenvalue weighted by molar-refractivity contribution is -0.302. The zero-order valence-corrected chi connectivity index (χ0v) is 52.3. The highest BCUT2D eigenvalue weighted by Gasteiger charge is 2.44. The van der Waals surface area contributed by atoms with Crippen LogP contribution in [0.15, 0.2) is 97.2 Å². The number of aliphatic hydroxyl groups excluding tert-OH is 5. The molecule has 0 spiro atoms. The molecule has 0 aromatic carbocycles. The van der Waals surface area contributed by atoms with Gasteiger partial charge in [-0.1, -0.05) is 297 Å². The molecule has 1 aliphatic rings. The van der Waals surface area contributed by atoms with Crippen LogP contribution in [0.25, 0.3) is 0 Å². The summed E-state index contributed by atoms with van der Waals surface area (Å²) >= 11 is 0. The Morgan fingerprint density at radius 1 is 0.432 bits per heavy atom. The highest BCUT2D eigenvalue weighted by Crippen LogP contribution is 2.23. The van der Waals surface area contributed by atoms with Crippen molar-refractivity contribution >= 4 is 5.91 Å². The zero-order valence-electron chi connectivity index (χ0n) is 52.3. The third-order valence-electron chi connectivity index (χ3n) is 15.6. The molecule has 0 saturated carbocycles. The Hall–Kier alpha value is -2.89. The van der Waals surface area contributed by atoms with Crippen molar-refractivity contribution in [3.63, 3.8) is 0 Å². The van der Waals surface area contributed by atoms with Crippen molar-refractivity contribution < 1.29 is 39.8 Å². The van der Waals surface area contributed by atoms with Crippen LogP contribution in [0, 0.1) is 0 Å². The van der Waals surface area contributed by atoms with Crippen molar-refractivity contribution in [1.82, 2.24) is 5.32 Å². The van der Waals surface area contributed by atoms with Gasteiger partial charge in [-0.2, -0.15) is 0 Å². The number of carbonyl (C=O) groups is 1. The van der Waals surface area contributed by atoms with Gasteiger partial charge >= 0.3 is 0 Å². The largest absolute Gasteiger partial charge is 0.394 e. The number of hydrogen-bond donors (Lipinski definition) is 6. The fourth-order valence-corrected chi connectivity index (χ4v) is 10.3. The molecule has 7 unspecified atom stereocenters. The van der Waals surface area contributed by atoms with E-state index >= 15 is 0 Å². The van der Waals surface area contributed by atoms with E-state index in [1.165, 1.54) is 199 Å². The molecule has 1 amide bonds. The molecule has 0 radical (unpaired) electrons. The van der Waals surface area contributed by atoms with Crippen LogP contribution in [-0.2, 0) is 14.3 Å². The summed E-state index contributed by atoms with van der Waals surface area (Å²) in [6.45, 7) is 3.67. The second-order valence-corrected chi connectivity index (χ2v) is 23.2. The number of nitrogens with one attached hydrogen (secondary N) is 1. The Bertz CT molecular complexity index is 1600. The predicted molar refractivity (Wildman–Crippen MR) is 345 cm³/mol. The number of allylic oxidation sites excluding steroid dienone is 15. The first-order valence-electron chi connectivity index (χ1n) is 34.0. The lowest BCUT2D eigenvalue weighted by Gasteiger charge is -2.40. The average molecular weight is 1130 g/mol. The van der Waals surface area contributed by atoms with E-state index in [2.05, 4.69) is 104 Å². The molecule has 1 heterocycles. The van der Waals surface area contributed by atoms with Crippen LogP contribution in [0.2, 0.25) is 0 Å². The maximum Gasteiger partial charge on any atom is 0.220 e. The SMILES string of the molecule is CC/C=C\C/C=C\C/C=C\C/C=C\C/C=C\CCCCCCCCCCCCCCCC(=O)NC(COC1OC(CO)C(O)C(O)C1O)C(O)/C=C/CC/C=C/CC/C=C/CCCCCCCCCCCCCCCCCCCCC. The Labute approximate surface area is 498 Å². The minimum atomic E-state index is -1.58. The molecule has 1 saturated heterocycles. The van der Waals surface area contributed by atoms with Crippen LogP contribution in [-0.4, -0.2) is 87.5 Å². The molecule has 9 nitrogen and oxygen atoms in total. The average Bonchev–Trinajstić information content (AvgIpc) is 3.51. The number of hydrogen-bond acceptors (Lipinski definition) is 8. The van der Waals surface area contributed by atoms with Gasteiger partial charge in [-0.15, -0.1) is 0 Å². The second-order valence-electron chi connectivity index (χ2n) is 23.2. The number of rotatable bonds is 58. The number of carbonyl (C=O) groups excluding carboxylic acids is 1. The Balaban J connectivity index is 2.19. The van der Waals surface area contributed by atoms with Crippen molar-refractivity contribution in [3.05, 3.63) is 97.2 Å². The van der Waals surface area contributed by atoms with Crippen molar-refractivity contribution in [2.24, 2.45) is 0 Å². The molecule has 0 aliphatic carbocycles. The number of aliphatic hydroxyl groups is 5. The van der Waals surface area contributed by atoms with Gasteiger partial charge in [0.25, 0.3) is 0 Å². The first-order valence-corrected chi connectivity index (χ1v) is 34.0. The molecule has 7 atom stereocenters. The topological polar surface area (TPSA) is 149 Å². The quantitative estimate of drug-likeness (QED) is 0.0261. The van der Waals surface area contributed by atoms with Gasteiger partial charge in [0.2, 0.25) is 5.91 Å². The third kappa shape index (κ3) is 49.1. The van der Waals surface area contributed by atoms with E-state index in [9.17, 15) is 30.3 Å². The van der Waals surface area contributed by atoms with Gasteiger partial charge in [0.1, 0.15) is 24.4 Å². The van der Waals surface area contributed by atoms with E-state index in [1.807, 2.05) is 6.08 Å². The van der Waals surface area contributed by atoms with Gasteiger partial charge in [-0.25, -0.2) is 0 Å². The van der Waals surface area contributed by atoms with Gasteiger partial charge in [0.05, 0.1) is 25.4 Å². The molecule has 0 aromatic rings. The lowest BCUT2D eigenvalue weighted by atomic mass is 9.99. The van der Waals surface area contributed by atoms with E-state index in [0.29, 0.717) is 6.42 Å². The van der Waals surface area contributed by atoms with Crippen LogP contribution < -0.4 is 5.32 Å². The molecule has 6 N–H and O–H groups in total. The Morgan fingerprint density at radius 2 is 0.778 bits per heavy atom. The van der Waals surface area contributed by atoms with Crippen molar-refractivity contribution in [1.29, 1.82) is 0 Å². The molecule has 9 heteroatoms. The smallest absolute Gasteiger partial charge is 0.220 e. The van der Waals surface area contributed by atoms with E-state index in [1.54, 1.807) is 6.08 Å². The van der Waals surface area contributed by atoms with Crippen LogP contribution in [0.3, 0.4) is 0 Å². The molecule has 0 aromatic heterocycles. The first kappa shape index (κ1) is 76.1. The van der Waals surface area contributed by atoms with Gasteiger partial charge < -0.3 is 40.3 Å². The summed E-state index contributed by atoms with van der Waals surface area (Å²) in [6.07, 6.45) is 80.8. The molecule has 81 heavy (non-hydrogen) atoms. The number of ether oxygens (including phenoxy) is 2. The van der Waals surface area contributed by atoms with Crippen molar-refractivity contribution in [3.8, 4) is 0 Å². The first-order chi connectivity index (χ1) is 39.8. The minimum absolute atomic E-state index is 0.193. The third-order valence-corrected chi connectivity index (χ3v) is 15.6. The monoisotopic (exact) mass is 1130 g/mol. The summed E-state index contributed by atoms with van der Waals surface area (Å²) in [5.74, 6) is -0.193. The van der Waals surface area contributed by atoms with Gasteiger partial charge in [0.15, 0.2) is 6.29 Å². The van der Waals surface area contributed by atoms with Crippen LogP contribution in [0.1, 0.15) is 296 Å². The molecule has 1 fully saturated rings. The lowest BCUT2D eigenvalue weighted by Crippen LogP contribution is -2.60. The molecule has 0 bridgehead atoms. The second kappa shape index (κ2) is 60.2. The molecule has 1 aliphatic heterocycles. The zero-order chi connectivity index (χ0) is 58.6. The maximum absolute atomic E-state index is 13.1. The predicted octanol–water partition coefficient (Wildman–Crippen LogP) is 18.3. The Morgan fingerprint density at radius 3 is 1.19 bits per heavy atom. The van der Waals surface area contributed by atoms with Gasteiger partial charge in [0, 0.05) is 6.42 Å². The van der Waals surface area contributed by atoms with E-state index in [-0.39, 0.29) is 12.5 Å². The van der Waals surface area contributed by atoms with Crippen LogP contribution >= 0.6 is 0 Å². The van der Waals surface area contributed by atoms with Crippen LogP contribution in [0.4, 0.5) is 0 Å². The van der Waals surface area contributed by atoms with Crippen LogP contribution in [0.5, 0.6) is 0 Å². The van der Waals surface area contributed by atoms with Gasteiger partial charge in [-0.05, 0) is 89.9 Å². The summed E-state index contributed by atoms with van der Waals surface area (Å²) in [4.78, 5) is 13.1. The molecule has 468 valence electrons. The standard InChI is InChI=1S/C72H127NO8/c1-3-5-7-9-11-13-15-17-19-21-23-25-27-29-31-33-35-37-39-41-43-45-47-49-51-53-55-57-59-61-66(75)65(64-80-72-71(79)70(78)69(77)67(63-74)81-72)73-68(76)62-60-58-56-54-52-50-48-46-44-42-40-38-36-34-32-30-28-26-24-22-20-18-16-14-12-10-8-6-4-2/h6,8,12,14,18,20,24,26,30,32,43,45,51,53,59,61,65-67,69-72,74-75,77-79H,3-5,7,9-11,13,15-17,19,21-23,25,27-29,31,33-42,44,46-50,52,54-58,60,62-64H2,1-2H3,(H,73,76)/b8-6-,14-12-,20-18-,26-24-,32-30-,45-43+,53-51+,61-59+. The molecular formula is C72H127NO8. The van der Waals surface area contributed by atoms with E-state index in [0.717, 1.165) is 77.0 Å². The summed E-state index contributed by atoms with van der Waals surface area (Å²) in [6, 6.07) is -0.836. The fourth-order valence-electron chi connectivity index (χ4n) is 10.3. The molecule has 1 rings (SSSR count). The summed E-state index contributed by atoms with van der Waals surface area (Å²) in [5.41, 5.74) is 0. The van der Waals surface area contributed by atoms with Gasteiger partial charge in [-0.3, -0.25) is 4.79 Å². The van der Waals surface area contributed by atoms with E-state index < -0.39 is 49.5 Å². The summed E-state index contributed by atoms with van der Waals surface area (Å²) in [5, 5.41) is 54.7. The van der Waals surface area contributed by atoms with Crippen molar-refractivity contribution in [2.45, 2.75) is 339 Å². The molecular weight excluding hydrogens is 1010 g/mol. The summed E-state index contributed by atoms with van der Waals surface area (Å²) < 4.78 is 11.3. The fraction of sp³-hybridized carbons (Fsp3) is 0.764. The minimum Gasteiger partial charge on any atom is -0.394 e. The Kier molecular flexibility index (Phi) is 56.6. The highest BCUT2D eigenvalue weighted by atomic mass is 16.7. The maximum atomic E-state index is 13.1. The number of unbranched alkanes of at least 4 members (excludes halogenated alkanes) is 34. The normalized spacial score (nSPS) is 19.0. The highest BCUT2D eigenvalue weighted by molar-refractivity contribution is 5.76. The van der Waals surface area contributed by atoms with E-state index in [4.69, 9.17) is 9.47 Å². The summed E-state index contributed by atoms with van der Waals surface area (Å²) in [7, 11) is 0.